The zero-order valence-electron chi connectivity index (χ0n) is 19.7. The van der Waals surface area contributed by atoms with Gasteiger partial charge in [0.2, 0.25) is 0 Å². The zero-order valence-corrected chi connectivity index (χ0v) is 19.7. The van der Waals surface area contributed by atoms with Gasteiger partial charge in [-0.15, -0.1) is 0 Å². The molecule has 0 bridgehead atoms. The van der Waals surface area contributed by atoms with Gasteiger partial charge in [0, 0.05) is 34.8 Å². The molecule has 1 atom stereocenters. The van der Waals surface area contributed by atoms with E-state index in [1.165, 1.54) is 17.0 Å². The maximum absolute atomic E-state index is 13.4. The molecule has 1 aliphatic heterocycles. The van der Waals surface area contributed by atoms with E-state index in [9.17, 15) is 19.1 Å². The van der Waals surface area contributed by atoms with Crippen molar-refractivity contribution in [3.05, 3.63) is 107 Å². The summed E-state index contributed by atoms with van der Waals surface area (Å²) in [6, 6.07) is 19.6. The number of likely N-dealkylation sites (tertiary alicyclic amines) is 1. The van der Waals surface area contributed by atoms with E-state index >= 15 is 0 Å². The van der Waals surface area contributed by atoms with Crippen molar-refractivity contribution in [2.45, 2.75) is 19.4 Å². The summed E-state index contributed by atoms with van der Waals surface area (Å²) in [7, 11) is 0. The zero-order chi connectivity index (χ0) is 25.2. The van der Waals surface area contributed by atoms with Crippen molar-refractivity contribution < 1.29 is 23.8 Å². The van der Waals surface area contributed by atoms with E-state index in [4.69, 9.17) is 4.74 Å². The van der Waals surface area contributed by atoms with E-state index in [0.29, 0.717) is 24.3 Å². The SMILES string of the molecule is CCOc1ccc(/C(O)=C2\C(=O)C(=O)N(CCc3ccc(F)cc3)C2c2c[nH]c3ccccc23)cc1. The molecule has 4 aromatic rings. The Balaban J connectivity index is 1.59. The third-order valence-corrected chi connectivity index (χ3v) is 6.45. The Morgan fingerprint density at radius 3 is 2.47 bits per heavy atom. The van der Waals surface area contributed by atoms with Crippen molar-refractivity contribution in [1.82, 2.24) is 9.88 Å². The van der Waals surface area contributed by atoms with Crippen LogP contribution in [0.3, 0.4) is 0 Å². The van der Waals surface area contributed by atoms with Gasteiger partial charge in [-0.3, -0.25) is 9.59 Å². The number of nitrogens with zero attached hydrogens (tertiary/aromatic N) is 1. The summed E-state index contributed by atoms with van der Waals surface area (Å²) in [5.41, 5.74) is 2.87. The Morgan fingerprint density at radius 2 is 1.75 bits per heavy atom. The lowest BCUT2D eigenvalue weighted by atomic mass is 9.94. The van der Waals surface area contributed by atoms with Crippen LogP contribution in [0.5, 0.6) is 5.75 Å². The van der Waals surface area contributed by atoms with Gasteiger partial charge in [0.25, 0.3) is 11.7 Å². The molecule has 0 aliphatic carbocycles. The Morgan fingerprint density at radius 1 is 1.03 bits per heavy atom. The van der Waals surface area contributed by atoms with Crippen molar-refractivity contribution in [3.8, 4) is 5.75 Å². The van der Waals surface area contributed by atoms with Crippen LogP contribution in [-0.2, 0) is 16.0 Å². The number of fused-ring (bicyclic) bond motifs is 1. The molecule has 2 heterocycles. The van der Waals surface area contributed by atoms with Crippen molar-refractivity contribution >= 4 is 28.4 Å². The number of nitrogens with one attached hydrogen (secondary N) is 1. The number of amides is 1. The van der Waals surface area contributed by atoms with Crippen molar-refractivity contribution in [2.75, 3.05) is 13.2 Å². The molecule has 7 heteroatoms. The van der Waals surface area contributed by atoms with Crippen molar-refractivity contribution in [2.24, 2.45) is 0 Å². The fourth-order valence-corrected chi connectivity index (χ4v) is 4.69. The molecule has 1 unspecified atom stereocenters. The van der Waals surface area contributed by atoms with Crippen molar-refractivity contribution in [1.29, 1.82) is 0 Å². The number of aromatic nitrogens is 1. The first-order valence-corrected chi connectivity index (χ1v) is 11.8. The highest BCUT2D eigenvalue weighted by molar-refractivity contribution is 6.46. The van der Waals surface area contributed by atoms with Crippen LogP contribution in [0.2, 0.25) is 0 Å². The second-order valence-electron chi connectivity index (χ2n) is 8.62. The quantitative estimate of drug-likeness (QED) is 0.210. The van der Waals surface area contributed by atoms with Crippen LogP contribution in [0.4, 0.5) is 4.39 Å². The third-order valence-electron chi connectivity index (χ3n) is 6.45. The molecule has 1 fully saturated rings. The van der Waals surface area contributed by atoms with E-state index in [0.717, 1.165) is 22.0 Å². The highest BCUT2D eigenvalue weighted by atomic mass is 19.1. The van der Waals surface area contributed by atoms with E-state index < -0.39 is 17.7 Å². The molecule has 2 N–H and O–H groups in total. The second kappa shape index (κ2) is 9.70. The number of para-hydroxylation sites is 1. The molecule has 182 valence electrons. The van der Waals surface area contributed by atoms with Gasteiger partial charge in [-0.05, 0) is 61.4 Å². The minimum atomic E-state index is -0.784. The van der Waals surface area contributed by atoms with E-state index in [1.54, 1.807) is 42.6 Å². The summed E-state index contributed by atoms with van der Waals surface area (Å²) in [5, 5.41) is 12.1. The fraction of sp³-hybridized carbons (Fsp3) is 0.172. The number of benzene rings is 3. The minimum Gasteiger partial charge on any atom is -0.507 e. The van der Waals surface area contributed by atoms with Crippen LogP contribution in [0.25, 0.3) is 16.7 Å². The van der Waals surface area contributed by atoms with E-state index in [-0.39, 0.29) is 23.7 Å². The molecule has 1 aromatic heterocycles. The number of aliphatic hydroxyl groups excluding tert-OH is 1. The summed E-state index contributed by atoms with van der Waals surface area (Å²) in [4.78, 5) is 31.2. The van der Waals surface area contributed by atoms with Gasteiger partial charge in [0.1, 0.15) is 17.3 Å². The predicted octanol–water partition coefficient (Wildman–Crippen LogP) is 5.37. The van der Waals surface area contributed by atoms with Gasteiger partial charge < -0.3 is 19.7 Å². The number of hydrogen-bond acceptors (Lipinski definition) is 4. The largest absolute Gasteiger partial charge is 0.507 e. The van der Waals surface area contributed by atoms with Crippen LogP contribution in [0, 0.1) is 5.82 Å². The number of aromatic amines is 1. The molecule has 1 amide bonds. The van der Waals surface area contributed by atoms with Crippen LogP contribution in [-0.4, -0.2) is 39.8 Å². The number of carbonyl (C=O) groups is 2. The molecule has 1 aliphatic rings. The lowest BCUT2D eigenvalue weighted by molar-refractivity contribution is -0.139. The number of H-pyrrole nitrogens is 1. The summed E-state index contributed by atoms with van der Waals surface area (Å²) in [6.45, 7) is 2.61. The predicted molar refractivity (Wildman–Crippen MR) is 135 cm³/mol. The number of carbonyl (C=O) groups excluding carboxylic acids is 2. The molecule has 0 spiro atoms. The van der Waals surface area contributed by atoms with E-state index in [2.05, 4.69) is 4.98 Å². The highest BCUT2D eigenvalue weighted by Gasteiger charge is 2.46. The number of ether oxygens (including phenoxy) is 1. The molecule has 1 saturated heterocycles. The lowest BCUT2D eigenvalue weighted by Crippen LogP contribution is -2.31. The molecule has 5 rings (SSSR count). The van der Waals surface area contributed by atoms with Crippen LogP contribution in [0.15, 0.2) is 84.6 Å². The summed E-state index contributed by atoms with van der Waals surface area (Å²) < 4.78 is 18.8. The third kappa shape index (κ3) is 4.24. The number of Topliss-reactive ketones (excluding diaryl/α,β-unsaturated/α-hetero) is 1. The Kier molecular flexibility index (Phi) is 6.29. The molecular formula is C29H25FN2O4. The standard InChI is InChI=1S/C29H25FN2O4/c1-2-36-21-13-9-19(10-14-21)27(33)25-26(23-17-31-24-6-4-3-5-22(23)24)32(29(35)28(25)34)16-15-18-7-11-20(30)12-8-18/h3-14,17,26,31,33H,2,15-16H2,1H3/b27-25+. The maximum Gasteiger partial charge on any atom is 0.295 e. The first-order chi connectivity index (χ1) is 17.5. The van der Waals surface area contributed by atoms with Gasteiger partial charge in [-0.2, -0.15) is 0 Å². The van der Waals surface area contributed by atoms with E-state index in [1.807, 2.05) is 31.2 Å². The molecule has 6 nitrogen and oxygen atoms in total. The monoisotopic (exact) mass is 484 g/mol. The summed E-state index contributed by atoms with van der Waals surface area (Å²) >= 11 is 0. The number of rotatable bonds is 7. The Bertz CT molecular complexity index is 1450. The minimum absolute atomic E-state index is 0.0352. The van der Waals surface area contributed by atoms with Gasteiger partial charge in [0.05, 0.1) is 18.2 Å². The molecule has 0 radical (unpaired) electrons. The average Bonchev–Trinajstić information content (AvgIpc) is 3.42. The van der Waals surface area contributed by atoms with Gasteiger partial charge >= 0.3 is 0 Å². The van der Waals surface area contributed by atoms with Crippen LogP contribution in [0.1, 0.15) is 29.7 Å². The Hall–Kier alpha value is -4.39. The lowest BCUT2D eigenvalue weighted by Gasteiger charge is -2.25. The Labute approximate surface area is 207 Å². The fourth-order valence-electron chi connectivity index (χ4n) is 4.69. The number of hydrogen-bond donors (Lipinski definition) is 2. The first kappa shape index (κ1) is 23.4. The van der Waals surface area contributed by atoms with Gasteiger partial charge in [-0.1, -0.05) is 30.3 Å². The normalized spacial score (nSPS) is 17.2. The van der Waals surface area contributed by atoms with Crippen molar-refractivity contribution in [3.63, 3.8) is 0 Å². The molecular weight excluding hydrogens is 459 g/mol. The average molecular weight is 485 g/mol. The smallest absolute Gasteiger partial charge is 0.295 e. The van der Waals surface area contributed by atoms with Crippen LogP contribution >= 0.6 is 0 Å². The summed E-state index contributed by atoms with van der Waals surface area (Å²) in [6.07, 6.45) is 2.20. The first-order valence-electron chi connectivity index (χ1n) is 11.8. The summed E-state index contributed by atoms with van der Waals surface area (Å²) in [5.74, 6) is -1.36. The van der Waals surface area contributed by atoms with Crippen LogP contribution < -0.4 is 4.74 Å². The second-order valence-corrected chi connectivity index (χ2v) is 8.62. The molecule has 3 aromatic carbocycles. The topological polar surface area (TPSA) is 82.6 Å². The van der Waals surface area contributed by atoms with Gasteiger partial charge in [-0.25, -0.2) is 4.39 Å². The number of ketones is 1. The number of aliphatic hydroxyl groups is 1. The highest BCUT2D eigenvalue weighted by Crippen LogP contribution is 2.42. The molecule has 36 heavy (non-hydrogen) atoms. The maximum atomic E-state index is 13.4. The van der Waals surface area contributed by atoms with Gasteiger partial charge in [0.15, 0.2) is 0 Å². The number of halogens is 1. The molecule has 0 saturated carbocycles.